The van der Waals surface area contributed by atoms with Crippen LogP contribution in [0.3, 0.4) is 0 Å². The van der Waals surface area contributed by atoms with Crippen molar-refractivity contribution in [2.45, 2.75) is 33.0 Å². The summed E-state index contributed by atoms with van der Waals surface area (Å²) in [6.45, 7) is 5.01. The zero-order valence-corrected chi connectivity index (χ0v) is 11.7. The van der Waals surface area contributed by atoms with Crippen LogP contribution < -0.4 is 11.1 Å². The Hall–Kier alpha value is -1.46. The molecule has 0 saturated carbocycles. The molecule has 19 heavy (non-hydrogen) atoms. The van der Waals surface area contributed by atoms with Gasteiger partial charge in [0.15, 0.2) is 0 Å². The van der Waals surface area contributed by atoms with Crippen LogP contribution >= 0.6 is 0 Å². The fraction of sp³-hybridized carbons (Fsp3) is 0.500. The molecule has 106 valence electrons. The van der Waals surface area contributed by atoms with Crippen molar-refractivity contribution in [2.75, 3.05) is 13.6 Å². The number of likely N-dealkylation sites (N-methyl/N-ethyl adjacent to an activating group) is 1. The van der Waals surface area contributed by atoms with E-state index >= 15 is 0 Å². The molecule has 0 aliphatic carbocycles. The molecule has 0 unspecified atom stereocenters. The van der Waals surface area contributed by atoms with Gasteiger partial charge in [0.05, 0.1) is 6.54 Å². The second kappa shape index (κ2) is 7.21. The lowest BCUT2D eigenvalue weighted by atomic mass is 10.1. The maximum absolute atomic E-state index is 13.1. The highest BCUT2D eigenvalue weighted by Gasteiger charge is 2.10. The molecule has 0 aliphatic rings. The molecule has 0 spiro atoms. The van der Waals surface area contributed by atoms with Gasteiger partial charge in [-0.1, -0.05) is 6.07 Å². The lowest BCUT2D eigenvalue weighted by Crippen LogP contribution is -2.38. The van der Waals surface area contributed by atoms with Crippen molar-refractivity contribution in [3.8, 4) is 0 Å². The largest absolute Gasteiger partial charge is 0.353 e. The first-order chi connectivity index (χ1) is 8.92. The number of nitrogens with two attached hydrogens (primary N) is 1. The molecule has 0 heterocycles. The number of benzene rings is 1. The molecule has 0 bridgehead atoms. The monoisotopic (exact) mass is 267 g/mol. The summed E-state index contributed by atoms with van der Waals surface area (Å²) in [6.07, 6.45) is 0. The highest BCUT2D eigenvalue weighted by molar-refractivity contribution is 5.78. The maximum Gasteiger partial charge on any atom is 0.234 e. The van der Waals surface area contributed by atoms with E-state index in [1.54, 1.807) is 6.07 Å². The Morgan fingerprint density at radius 3 is 2.68 bits per heavy atom. The van der Waals surface area contributed by atoms with Gasteiger partial charge in [-0.3, -0.25) is 9.69 Å². The van der Waals surface area contributed by atoms with E-state index in [0.717, 1.165) is 11.1 Å². The molecule has 1 rings (SSSR count). The number of amides is 1. The van der Waals surface area contributed by atoms with E-state index in [9.17, 15) is 9.18 Å². The number of halogens is 1. The highest BCUT2D eigenvalue weighted by atomic mass is 19.1. The van der Waals surface area contributed by atoms with E-state index in [0.29, 0.717) is 19.6 Å². The summed E-state index contributed by atoms with van der Waals surface area (Å²) in [6, 6.07) is 4.70. The zero-order chi connectivity index (χ0) is 14.4. The van der Waals surface area contributed by atoms with Crippen LogP contribution in [0.4, 0.5) is 4.39 Å². The van der Waals surface area contributed by atoms with E-state index in [1.807, 2.05) is 25.8 Å². The fourth-order valence-corrected chi connectivity index (χ4v) is 1.90. The minimum absolute atomic E-state index is 0.0195. The highest BCUT2D eigenvalue weighted by Crippen LogP contribution is 2.12. The number of carbonyl (C=O) groups is 1. The smallest absolute Gasteiger partial charge is 0.234 e. The van der Waals surface area contributed by atoms with Crippen LogP contribution in [0.1, 0.15) is 25.0 Å². The number of hydrogen-bond donors (Lipinski definition) is 2. The van der Waals surface area contributed by atoms with Crippen molar-refractivity contribution in [3.05, 3.63) is 35.1 Å². The lowest BCUT2D eigenvalue weighted by Gasteiger charge is -2.19. The summed E-state index contributed by atoms with van der Waals surface area (Å²) in [5.74, 6) is -0.307. The Balaban J connectivity index is 2.61. The minimum Gasteiger partial charge on any atom is -0.353 e. The molecule has 0 aliphatic heterocycles. The third-order valence-electron chi connectivity index (χ3n) is 2.69. The summed E-state index contributed by atoms with van der Waals surface area (Å²) < 4.78 is 13.1. The Kier molecular flexibility index (Phi) is 5.92. The van der Waals surface area contributed by atoms with Crippen LogP contribution in [0.15, 0.2) is 18.2 Å². The number of nitrogens with zero attached hydrogens (tertiary/aromatic N) is 1. The van der Waals surface area contributed by atoms with Crippen molar-refractivity contribution < 1.29 is 9.18 Å². The molecule has 1 aromatic rings. The predicted octanol–water partition coefficient (Wildman–Crippen LogP) is 1.24. The zero-order valence-electron chi connectivity index (χ0n) is 11.7. The first kappa shape index (κ1) is 15.6. The van der Waals surface area contributed by atoms with Gasteiger partial charge in [0.1, 0.15) is 5.82 Å². The Morgan fingerprint density at radius 2 is 2.11 bits per heavy atom. The van der Waals surface area contributed by atoms with Crippen molar-refractivity contribution >= 4 is 5.91 Å². The standard InChI is InChI=1S/C14H22FN3O/c1-10(2)17-14(19)9-18(3)8-11-4-5-13(15)6-12(11)7-16/h4-6,10H,7-9,16H2,1-3H3,(H,17,19). The first-order valence-corrected chi connectivity index (χ1v) is 6.37. The van der Waals surface area contributed by atoms with E-state index in [-0.39, 0.29) is 17.8 Å². The molecular formula is C14H22FN3O. The van der Waals surface area contributed by atoms with Crippen LogP contribution in [-0.4, -0.2) is 30.4 Å². The van der Waals surface area contributed by atoms with Crippen molar-refractivity contribution in [1.29, 1.82) is 0 Å². The van der Waals surface area contributed by atoms with Gasteiger partial charge in [0.25, 0.3) is 0 Å². The average Bonchev–Trinajstić information content (AvgIpc) is 2.30. The molecule has 0 fully saturated rings. The van der Waals surface area contributed by atoms with Gasteiger partial charge in [-0.05, 0) is 44.2 Å². The number of hydrogen-bond acceptors (Lipinski definition) is 3. The van der Waals surface area contributed by atoms with Gasteiger partial charge in [-0.25, -0.2) is 4.39 Å². The third kappa shape index (κ3) is 5.36. The molecule has 1 amide bonds. The second-order valence-electron chi connectivity index (χ2n) is 5.01. The van der Waals surface area contributed by atoms with Gasteiger partial charge in [0.2, 0.25) is 5.91 Å². The second-order valence-corrected chi connectivity index (χ2v) is 5.01. The summed E-state index contributed by atoms with van der Waals surface area (Å²) in [4.78, 5) is 13.5. The van der Waals surface area contributed by atoms with Gasteiger partial charge in [-0.2, -0.15) is 0 Å². The predicted molar refractivity (Wildman–Crippen MR) is 73.9 cm³/mol. The van der Waals surface area contributed by atoms with Crippen molar-refractivity contribution in [3.63, 3.8) is 0 Å². The summed E-state index contributed by atoms with van der Waals surface area (Å²) in [7, 11) is 1.85. The topological polar surface area (TPSA) is 58.4 Å². The molecular weight excluding hydrogens is 245 g/mol. The summed E-state index contributed by atoms with van der Waals surface area (Å²) in [5, 5.41) is 2.83. The number of nitrogens with one attached hydrogen (secondary N) is 1. The average molecular weight is 267 g/mol. The summed E-state index contributed by atoms with van der Waals surface area (Å²) >= 11 is 0. The first-order valence-electron chi connectivity index (χ1n) is 6.37. The van der Waals surface area contributed by atoms with Crippen LogP contribution in [-0.2, 0) is 17.9 Å². The quantitative estimate of drug-likeness (QED) is 0.815. The van der Waals surface area contributed by atoms with Gasteiger partial charge in [-0.15, -0.1) is 0 Å². The molecule has 3 N–H and O–H groups in total. The molecule has 0 radical (unpaired) electrons. The Labute approximate surface area is 113 Å². The van der Waals surface area contributed by atoms with Gasteiger partial charge in [0, 0.05) is 19.1 Å². The van der Waals surface area contributed by atoms with Crippen LogP contribution in [0, 0.1) is 5.82 Å². The molecule has 0 aromatic heterocycles. The fourth-order valence-electron chi connectivity index (χ4n) is 1.90. The molecule has 1 aromatic carbocycles. The van der Waals surface area contributed by atoms with Crippen LogP contribution in [0.25, 0.3) is 0 Å². The lowest BCUT2D eigenvalue weighted by molar-refractivity contribution is -0.122. The Morgan fingerprint density at radius 1 is 1.42 bits per heavy atom. The van der Waals surface area contributed by atoms with E-state index in [2.05, 4.69) is 5.32 Å². The molecule has 0 atom stereocenters. The Bertz CT molecular complexity index is 435. The maximum atomic E-state index is 13.1. The molecule has 0 saturated heterocycles. The van der Waals surface area contributed by atoms with E-state index < -0.39 is 0 Å². The third-order valence-corrected chi connectivity index (χ3v) is 2.69. The van der Waals surface area contributed by atoms with Crippen LogP contribution in [0.2, 0.25) is 0 Å². The summed E-state index contributed by atoms with van der Waals surface area (Å²) in [5.41, 5.74) is 7.32. The van der Waals surface area contributed by atoms with E-state index in [4.69, 9.17) is 5.73 Å². The number of carbonyl (C=O) groups excluding carboxylic acids is 1. The van der Waals surface area contributed by atoms with Gasteiger partial charge >= 0.3 is 0 Å². The van der Waals surface area contributed by atoms with Crippen molar-refractivity contribution in [1.82, 2.24) is 10.2 Å². The van der Waals surface area contributed by atoms with Crippen LogP contribution in [0.5, 0.6) is 0 Å². The number of rotatable bonds is 6. The van der Waals surface area contributed by atoms with Gasteiger partial charge < -0.3 is 11.1 Å². The normalized spacial score (nSPS) is 11.1. The minimum atomic E-state index is -0.288. The molecule has 4 nitrogen and oxygen atoms in total. The van der Waals surface area contributed by atoms with Crippen molar-refractivity contribution in [2.24, 2.45) is 5.73 Å². The van der Waals surface area contributed by atoms with E-state index in [1.165, 1.54) is 12.1 Å². The molecule has 5 heteroatoms. The SMILES string of the molecule is CC(C)NC(=O)CN(C)Cc1ccc(F)cc1CN.